The molecular formula is C12H17ClN2S. The molecule has 0 bridgehead atoms. The highest BCUT2D eigenvalue weighted by Gasteiger charge is 2.21. The molecule has 2 unspecified atom stereocenters. The maximum atomic E-state index is 6.12. The number of halogens is 1. The Morgan fingerprint density at radius 3 is 3.00 bits per heavy atom. The second-order valence-corrected chi connectivity index (χ2v) is 6.26. The summed E-state index contributed by atoms with van der Waals surface area (Å²) < 4.78 is 0. The molecular weight excluding hydrogens is 240 g/mol. The van der Waals surface area contributed by atoms with Crippen LogP contribution in [0.4, 0.5) is 5.69 Å². The van der Waals surface area contributed by atoms with E-state index in [9.17, 15) is 0 Å². The zero-order chi connectivity index (χ0) is 11.5. The normalized spacial score (nSPS) is 25.6. The number of hydrogen-bond donors (Lipinski definition) is 1. The second kappa shape index (κ2) is 5.28. The smallest absolute Gasteiger partial charge is 0.115 e. The van der Waals surface area contributed by atoms with Crippen LogP contribution in [0.3, 0.4) is 0 Å². The Balaban J connectivity index is 2.02. The standard InChI is InChI=1S/C12H17ClN2S/c1-8-3-2-4-10(5-8)16-12-11(13)6-9(14)7-15-12/h6-8,10H,2-5,14H2,1H3. The molecule has 4 heteroatoms. The first-order valence-corrected chi connectivity index (χ1v) is 6.98. The Morgan fingerprint density at radius 2 is 2.31 bits per heavy atom. The zero-order valence-corrected chi connectivity index (χ0v) is 11.0. The van der Waals surface area contributed by atoms with E-state index in [-0.39, 0.29) is 0 Å². The lowest BCUT2D eigenvalue weighted by atomic mass is 9.91. The maximum absolute atomic E-state index is 6.12. The van der Waals surface area contributed by atoms with Crippen LogP contribution in [0.25, 0.3) is 0 Å². The van der Waals surface area contributed by atoms with E-state index in [2.05, 4.69) is 11.9 Å². The van der Waals surface area contributed by atoms with E-state index >= 15 is 0 Å². The van der Waals surface area contributed by atoms with Crippen molar-refractivity contribution in [3.8, 4) is 0 Å². The molecule has 2 N–H and O–H groups in total. The highest BCUT2D eigenvalue weighted by molar-refractivity contribution is 8.00. The third kappa shape index (κ3) is 3.05. The summed E-state index contributed by atoms with van der Waals surface area (Å²) in [5.74, 6) is 0.832. The van der Waals surface area contributed by atoms with Gasteiger partial charge in [-0.05, 0) is 24.8 Å². The van der Waals surface area contributed by atoms with Crippen LogP contribution in [0.15, 0.2) is 17.3 Å². The van der Waals surface area contributed by atoms with Gasteiger partial charge in [0.2, 0.25) is 0 Å². The fraction of sp³-hybridized carbons (Fsp3) is 0.583. The highest BCUT2D eigenvalue weighted by atomic mass is 35.5. The van der Waals surface area contributed by atoms with E-state index in [4.69, 9.17) is 17.3 Å². The number of nitrogens with two attached hydrogens (primary N) is 1. The van der Waals surface area contributed by atoms with E-state index in [1.54, 1.807) is 24.0 Å². The van der Waals surface area contributed by atoms with Gasteiger partial charge in [0, 0.05) is 5.25 Å². The van der Waals surface area contributed by atoms with Crippen LogP contribution in [0.5, 0.6) is 0 Å². The minimum atomic E-state index is 0.631. The Bertz CT molecular complexity index is 370. The quantitative estimate of drug-likeness (QED) is 0.870. The van der Waals surface area contributed by atoms with Gasteiger partial charge in [0.05, 0.1) is 16.9 Å². The van der Waals surface area contributed by atoms with Gasteiger partial charge in [-0.15, -0.1) is 11.8 Å². The topological polar surface area (TPSA) is 38.9 Å². The van der Waals surface area contributed by atoms with Gasteiger partial charge < -0.3 is 5.73 Å². The Labute approximate surface area is 106 Å². The Hall–Kier alpha value is -0.410. The van der Waals surface area contributed by atoms with Crippen LogP contribution < -0.4 is 5.73 Å². The van der Waals surface area contributed by atoms with Gasteiger partial charge in [-0.1, -0.05) is 31.4 Å². The molecule has 1 saturated carbocycles. The molecule has 2 nitrogen and oxygen atoms in total. The van der Waals surface area contributed by atoms with Crippen molar-refractivity contribution in [1.82, 2.24) is 4.98 Å². The van der Waals surface area contributed by atoms with Gasteiger partial charge in [-0.3, -0.25) is 0 Å². The third-order valence-corrected chi connectivity index (χ3v) is 4.71. The van der Waals surface area contributed by atoms with Crippen LogP contribution in [-0.2, 0) is 0 Å². The van der Waals surface area contributed by atoms with Crippen molar-refractivity contribution in [3.63, 3.8) is 0 Å². The molecule has 0 radical (unpaired) electrons. The Morgan fingerprint density at radius 1 is 1.50 bits per heavy atom. The van der Waals surface area contributed by atoms with Crippen molar-refractivity contribution >= 4 is 29.1 Å². The molecule has 0 spiro atoms. The summed E-state index contributed by atoms with van der Waals surface area (Å²) in [4.78, 5) is 4.30. The van der Waals surface area contributed by atoms with Crippen LogP contribution in [0.2, 0.25) is 5.02 Å². The largest absolute Gasteiger partial charge is 0.397 e. The molecule has 1 aliphatic carbocycles. The molecule has 1 aromatic heterocycles. The molecule has 1 aromatic rings. The maximum Gasteiger partial charge on any atom is 0.115 e. The molecule has 16 heavy (non-hydrogen) atoms. The summed E-state index contributed by atoms with van der Waals surface area (Å²) in [7, 11) is 0. The number of nitrogens with zero attached hydrogens (tertiary/aromatic N) is 1. The minimum Gasteiger partial charge on any atom is -0.397 e. The second-order valence-electron chi connectivity index (χ2n) is 4.57. The van der Waals surface area contributed by atoms with Crippen LogP contribution in [0.1, 0.15) is 32.6 Å². The molecule has 1 heterocycles. The van der Waals surface area contributed by atoms with E-state index in [1.165, 1.54) is 25.7 Å². The minimum absolute atomic E-state index is 0.631. The number of pyridine rings is 1. The number of aromatic nitrogens is 1. The first-order valence-electron chi connectivity index (χ1n) is 5.73. The predicted molar refractivity (Wildman–Crippen MR) is 70.9 cm³/mol. The van der Waals surface area contributed by atoms with Crippen LogP contribution in [-0.4, -0.2) is 10.2 Å². The molecule has 2 atom stereocenters. The fourth-order valence-electron chi connectivity index (χ4n) is 2.17. The lowest BCUT2D eigenvalue weighted by Gasteiger charge is -2.25. The van der Waals surface area contributed by atoms with Crippen molar-refractivity contribution in [2.45, 2.75) is 42.9 Å². The van der Waals surface area contributed by atoms with Gasteiger partial charge in [0.1, 0.15) is 5.03 Å². The first-order chi connectivity index (χ1) is 7.65. The summed E-state index contributed by atoms with van der Waals surface area (Å²) in [6, 6.07) is 1.78. The summed E-state index contributed by atoms with van der Waals surface area (Å²) in [5.41, 5.74) is 6.26. The van der Waals surface area contributed by atoms with Gasteiger partial charge >= 0.3 is 0 Å². The SMILES string of the molecule is CC1CCCC(Sc2ncc(N)cc2Cl)C1. The molecule has 0 amide bonds. The lowest BCUT2D eigenvalue weighted by molar-refractivity contribution is 0.394. The number of thioether (sulfide) groups is 1. The van der Waals surface area contributed by atoms with E-state index in [0.717, 1.165) is 10.9 Å². The van der Waals surface area contributed by atoms with Crippen molar-refractivity contribution in [1.29, 1.82) is 0 Å². The van der Waals surface area contributed by atoms with Gasteiger partial charge in [-0.2, -0.15) is 0 Å². The van der Waals surface area contributed by atoms with Gasteiger partial charge in [0.25, 0.3) is 0 Å². The van der Waals surface area contributed by atoms with Crippen molar-refractivity contribution < 1.29 is 0 Å². The molecule has 0 aliphatic heterocycles. The average molecular weight is 257 g/mol. The van der Waals surface area contributed by atoms with Crippen LogP contribution >= 0.6 is 23.4 Å². The van der Waals surface area contributed by atoms with Gasteiger partial charge in [-0.25, -0.2) is 4.98 Å². The number of anilines is 1. The number of nitrogen functional groups attached to an aromatic ring is 1. The summed E-state index contributed by atoms with van der Waals surface area (Å²) in [5, 5.41) is 2.27. The summed E-state index contributed by atoms with van der Waals surface area (Å²) in [6.45, 7) is 2.32. The summed E-state index contributed by atoms with van der Waals surface area (Å²) in [6.07, 6.45) is 6.91. The predicted octanol–water partition coefficient (Wildman–Crippen LogP) is 3.99. The van der Waals surface area contributed by atoms with E-state index in [0.29, 0.717) is 16.0 Å². The fourth-order valence-corrected chi connectivity index (χ4v) is 3.79. The molecule has 0 aromatic carbocycles. The van der Waals surface area contributed by atoms with Gasteiger partial charge in [0.15, 0.2) is 0 Å². The highest BCUT2D eigenvalue weighted by Crippen LogP contribution is 2.37. The average Bonchev–Trinajstić information content (AvgIpc) is 2.22. The monoisotopic (exact) mass is 256 g/mol. The molecule has 0 saturated heterocycles. The molecule has 2 rings (SSSR count). The lowest BCUT2D eigenvalue weighted by Crippen LogP contribution is -2.15. The molecule has 88 valence electrons. The first kappa shape index (κ1) is 12.1. The molecule has 1 fully saturated rings. The van der Waals surface area contributed by atoms with E-state index in [1.807, 2.05) is 0 Å². The van der Waals surface area contributed by atoms with Crippen molar-refractivity contribution in [2.75, 3.05) is 5.73 Å². The summed E-state index contributed by atoms with van der Waals surface area (Å²) >= 11 is 7.93. The third-order valence-electron chi connectivity index (χ3n) is 3.00. The number of rotatable bonds is 2. The van der Waals surface area contributed by atoms with E-state index < -0.39 is 0 Å². The van der Waals surface area contributed by atoms with Crippen molar-refractivity contribution in [2.24, 2.45) is 5.92 Å². The number of hydrogen-bond acceptors (Lipinski definition) is 3. The van der Waals surface area contributed by atoms with Crippen molar-refractivity contribution in [3.05, 3.63) is 17.3 Å². The molecule has 1 aliphatic rings. The zero-order valence-electron chi connectivity index (χ0n) is 9.45. The Kier molecular flexibility index (Phi) is 3.98. The van der Waals surface area contributed by atoms with Crippen LogP contribution in [0, 0.1) is 5.92 Å².